The van der Waals surface area contributed by atoms with Crippen molar-refractivity contribution in [2.45, 2.75) is 57.5 Å². The summed E-state index contributed by atoms with van der Waals surface area (Å²) in [6, 6.07) is 8.10. The lowest BCUT2D eigenvalue weighted by molar-refractivity contribution is -0.137. The van der Waals surface area contributed by atoms with Gasteiger partial charge >= 0.3 is 0 Å². The maximum Gasteiger partial charge on any atom is 0.251 e. The number of nitrogens with one attached hydrogen (secondary N) is 1. The van der Waals surface area contributed by atoms with E-state index >= 15 is 0 Å². The van der Waals surface area contributed by atoms with Crippen molar-refractivity contribution in [1.82, 2.24) is 15.1 Å². The van der Waals surface area contributed by atoms with Crippen molar-refractivity contribution in [3.05, 3.63) is 35.4 Å². The van der Waals surface area contributed by atoms with E-state index in [2.05, 4.69) is 16.3 Å². The van der Waals surface area contributed by atoms with Gasteiger partial charge in [0.15, 0.2) is 0 Å². The highest BCUT2D eigenvalue weighted by Gasteiger charge is 2.29. The van der Waals surface area contributed by atoms with Crippen LogP contribution in [0.1, 0.15) is 60.9 Å². The summed E-state index contributed by atoms with van der Waals surface area (Å²) in [6.45, 7) is 5.81. The number of ether oxygens (including phenoxy) is 1. The van der Waals surface area contributed by atoms with Crippen molar-refractivity contribution >= 4 is 11.8 Å². The van der Waals surface area contributed by atoms with Crippen LogP contribution in [0.5, 0.6) is 0 Å². The van der Waals surface area contributed by atoms with Crippen molar-refractivity contribution in [1.29, 1.82) is 0 Å². The summed E-state index contributed by atoms with van der Waals surface area (Å²) in [6.07, 6.45) is 7.44. The first-order valence-corrected chi connectivity index (χ1v) is 11.7. The van der Waals surface area contributed by atoms with Crippen LogP contribution >= 0.6 is 0 Å². The van der Waals surface area contributed by atoms with E-state index in [4.69, 9.17) is 4.74 Å². The molecule has 0 aromatic heterocycles. The van der Waals surface area contributed by atoms with Gasteiger partial charge < -0.3 is 15.0 Å². The van der Waals surface area contributed by atoms with Gasteiger partial charge in [0, 0.05) is 50.2 Å². The van der Waals surface area contributed by atoms with Crippen molar-refractivity contribution in [3.63, 3.8) is 0 Å². The number of likely N-dealkylation sites (tertiary alicyclic amines) is 1. The van der Waals surface area contributed by atoms with Crippen LogP contribution in [-0.2, 0) is 16.1 Å². The van der Waals surface area contributed by atoms with Crippen LogP contribution in [0.25, 0.3) is 0 Å². The Labute approximate surface area is 179 Å². The Hall–Kier alpha value is -1.92. The number of nitrogens with zero attached hydrogens (tertiary/aromatic N) is 2. The van der Waals surface area contributed by atoms with Gasteiger partial charge in [-0.25, -0.2) is 0 Å². The predicted octanol–water partition coefficient (Wildman–Crippen LogP) is 2.82. The number of rotatable bonds is 5. The number of carbonyl (C=O) groups is 2. The number of benzene rings is 1. The molecule has 1 aromatic rings. The number of piperidine rings is 1. The van der Waals surface area contributed by atoms with Crippen molar-refractivity contribution < 1.29 is 14.3 Å². The van der Waals surface area contributed by atoms with Gasteiger partial charge in [-0.05, 0) is 43.4 Å². The van der Waals surface area contributed by atoms with E-state index in [0.717, 1.165) is 82.7 Å². The van der Waals surface area contributed by atoms with Crippen LogP contribution in [0.3, 0.4) is 0 Å². The third kappa shape index (κ3) is 5.61. The molecule has 0 bridgehead atoms. The maximum absolute atomic E-state index is 12.8. The Bertz CT molecular complexity index is 718. The lowest BCUT2D eigenvalue weighted by Crippen LogP contribution is -2.48. The first-order valence-electron chi connectivity index (χ1n) is 11.7. The summed E-state index contributed by atoms with van der Waals surface area (Å²) >= 11 is 0. The highest BCUT2D eigenvalue weighted by molar-refractivity contribution is 5.94. The molecule has 1 saturated carbocycles. The number of hydrogen-bond donors (Lipinski definition) is 1. The Morgan fingerprint density at radius 1 is 0.967 bits per heavy atom. The largest absolute Gasteiger partial charge is 0.379 e. The van der Waals surface area contributed by atoms with Gasteiger partial charge in [-0.1, -0.05) is 31.4 Å². The van der Waals surface area contributed by atoms with Crippen LogP contribution in [0, 0.1) is 5.92 Å². The second-order valence-electron chi connectivity index (χ2n) is 9.00. The number of morpholine rings is 1. The third-order valence-corrected chi connectivity index (χ3v) is 6.80. The lowest BCUT2D eigenvalue weighted by Gasteiger charge is -2.35. The van der Waals surface area contributed by atoms with Crippen LogP contribution in [0.15, 0.2) is 24.3 Å². The van der Waals surface area contributed by atoms with Crippen LogP contribution in [0.2, 0.25) is 0 Å². The molecular weight excluding hydrogens is 378 g/mol. The first-order chi connectivity index (χ1) is 14.7. The average Bonchev–Trinajstić information content (AvgIpc) is 2.80. The van der Waals surface area contributed by atoms with Crippen molar-refractivity contribution in [2.75, 3.05) is 39.4 Å². The van der Waals surface area contributed by atoms with Crippen LogP contribution in [-0.4, -0.2) is 67.0 Å². The molecule has 0 radical (unpaired) electrons. The monoisotopic (exact) mass is 413 g/mol. The van der Waals surface area contributed by atoms with Gasteiger partial charge in [0.2, 0.25) is 5.91 Å². The van der Waals surface area contributed by atoms with E-state index in [1.165, 1.54) is 19.3 Å². The van der Waals surface area contributed by atoms with Gasteiger partial charge in [0.25, 0.3) is 5.91 Å². The molecule has 4 rings (SSSR count). The topological polar surface area (TPSA) is 61.9 Å². The average molecular weight is 414 g/mol. The van der Waals surface area contributed by atoms with Gasteiger partial charge in [-0.15, -0.1) is 0 Å². The molecule has 30 heavy (non-hydrogen) atoms. The van der Waals surface area contributed by atoms with E-state index in [0.29, 0.717) is 5.91 Å². The fourth-order valence-corrected chi connectivity index (χ4v) is 4.95. The second kappa shape index (κ2) is 10.4. The number of hydrogen-bond acceptors (Lipinski definition) is 4. The molecule has 164 valence electrons. The molecule has 3 fully saturated rings. The van der Waals surface area contributed by atoms with E-state index in [1.54, 1.807) is 0 Å². The molecule has 6 heteroatoms. The normalized spacial score (nSPS) is 22.1. The zero-order valence-corrected chi connectivity index (χ0v) is 18.0. The summed E-state index contributed by atoms with van der Waals surface area (Å²) < 4.78 is 5.41. The van der Waals surface area contributed by atoms with E-state index in [-0.39, 0.29) is 17.9 Å². The molecule has 1 N–H and O–H groups in total. The molecule has 2 heterocycles. The fraction of sp³-hybridized carbons (Fsp3) is 0.667. The molecular formula is C24H35N3O3. The predicted molar refractivity (Wildman–Crippen MR) is 116 cm³/mol. The lowest BCUT2D eigenvalue weighted by atomic mass is 9.87. The smallest absolute Gasteiger partial charge is 0.251 e. The zero-order chi connectivity index (χ0) is 20.8. The van der Waals surface area contributed by atoms with Crippen LogP contribution < -0.4 is 5.32 Å². The minimum absolute atomic E-state index is 0.00381. The molecule has 1 aromatic carbocycles. The standard InChI is InChI=1S/C24H35N3O3/c28-23(21-8-4-5-19(17-21)18-26-13-15-30-16-14-26)25-22-9-11-27(12-10-22)24(29)20-6-2-1-3-7-20/h4-5,8,17,20,22H,1-3,6-7,9-16,18H2,(H,25,28). The first kappa shape index (κ1) is 21.3. The Morgan fingerprint density at radius 2 is 1.70 bits per heavy atom. The molecule has 0 unspecified atom stereocenters. The summed E-state index contributed by atoms with van der Waals surface area (Å²) in [5, 5.41) is 3.19. The molecule has 2 saturated heterocycles. The van der Waals surface area contributed by atoms with Crippen molar-refractivity contribution in [2.24, 2.45) is 5.92 Å². The molecule has 0 atom stereocenters. The highest BCUT2D eigenvalue weighted by atomic mass is 16.5. The molecule has 6 nitrogen and oxygen atoms in total. The Balaban J connectivity index is 1.25. The summed E-state index contributed by atoms with van der Waals surface area (Å²) in [5.74, 6) is 0.574. The summed E-state index contributed by atoms with van der Waals surface area (Å²) in [7, 11) is 0. The van der Waals surface area contributed by atoms with Gasteiger partial charge in [0.1, 0.15) is 0 Å². The molecule has 2 amide bonds. The second-order valence-corrected chi connectivity index (χ2v) is 9.00. The van der Waals surface area contributed by atoms with Crippen LogP contribution in [0.4, 0.5) is 0 Å². The minimum atomic E-state index is -0.00381. The van der Waals surface area contributed by atoms with E-state index < -0.39 is 0 Å². The maximum atomic E-state index is 12.8. The van der Waals surface area contributed by atoms with Crippen molar-refractivity contribution in [3.8, 4) is 0 Å². The number of amides is 2. The summed E-state index contributed by atoms with van der Waals surface area (Å²) in [5.41, 5.74) is 1.89. The zero-order valence-electron chi connectivity index (χ0n) is 18.0. The molecule has 0 spiro atoms. The van der Waals surface area contributed by atoms with Gasteiger partial charge in [-0.2, -0.15) is 0 Å². The van der Waals surface area contributed by atoms with Gasteiger partial charge in [-0.3, -0.25) is 14.5 Å². The SMILES string of the molecule is O=C(NC1CCN(C(=O)C2CCCCC2)CC1)c1cccc(CN2CCOCC2)c1. The Kier molecular flexibility index (Phi) is 7.39. The minimum Gasteiger partial charge on any atom is -0.379 e. The molecule has 1 aliphatic carbocycles. The van der Waals surface area contributed by atoms with E-state index in [1.807, 2.05) is 23.1 Å². The van der Waals surface area contributed by atoms with E-state index in [9.17, 15) is 9.59 Å². The number of carbonyl (C=O) groups excluding carboxylic acids is 2. The molecule has 3 aliphatic rings. The third-order valence-electron chi connectivity index (χ3n) is 6.80. The quantitative estimate of drug-likeness (QED) is 0.806. The fourth-order valence-electron chi connectivity index (χ4n) is 4.95. The van der Waals surface area contributed by atoms with Gasteiger partial charge in [0.05, 0.1) is 13.2 Å². The molecule has 2 aliphatic heterocycles. The highest BCUT2D eigenvalue weighted by Crippen LogP contribution is 2.26. The Morgan fingerprint density at radius 3 is 2.43 bits per heavy atom. The summed E-state index contributed by atoms with van der Waals surface area (Å²) in [4.78, 5) is 29.9.